The van der Waals surface area contributed by atoms with Crippen LogP contribution in [0.3, 0.4) is 0 Å². The van der Waals surface area contributed by atoms with Crippen LogP contribution in [0.2, 0.25) is 0 Å². The number of aromatic nitrogens is 4. The number of nitrogens with zero attached hydrogens (tertiary/aromatic N) is 4. The molecule has 11 heteroatoms. The highest BCUT2D eigenvalue weighted by Gasteiger charge is 2.50. The highest BCUT2D eigenvalue weighted by molar-refractivity contribution is 5.85. The Bertz CT molecular complexity index is 1270. The molecule has 1 aromatic carbocycles. The first-order valence-corrected chi connectivity index (χ1v) is 9.95. The number of ether oxygens (including phenoxy) is 3. The molecule has 0 aliphatic carbocycles. The van der Waals surface area contributed by atoms with Crippen LogP contribution in [-0.2, 0) is 23.8 Å². The van der Waals surface area contributed by atoms with Crippen LogP contribution in [0.5, 0.6) is 0 Å². The number of aryl methyl sites for hydroxylation is 1. The molecule has 0 amide bonds. The lowest BCUT2D eigenvalue weighted by Gasteiger charge is -2.23. The van der Waals surface area contributed by atoms with Gasteiger partial charge in [0.05, 0.1) is 12.0 Å². The van der Waals surface area contributed by atoms with Crippen LogP contribution in [-0.4, -0.2) is 49.8 Å². The van der Waals surface area contributed by atoms with Crippen molar-refractivity contribution in [2.24, 2.45) is 0 Å². The lowest BCUT2D eigenvalue weighted by molar-refractivity contribution is -0.165. The lowest BCUT2D eigenvalue weighted by Crippen LogP contribution is -2.38. The summed E-state index contributed by atoms with van der Waals surface area (Å²) in [4.78, 5) is 36.1. The number of terminal acetylenes is 1. The Morgan fingerprint density at radius 2 is 1.91 bits per heavy atom. The Balaban J connectivity index is 1.74. The van der Waals surface area contributed by atoms with E-state index in [1.807, 2.05) is 6.92 Å². The number of benzene rings is 1. The second-order valence-corrected chi connectivity index (χ2v) is 7.42. The summed E-state index contributed by atoms with van der Waals surface area (Å²) in [6, 6.07) is 4.64. The monoisotopic (exact) mass is 453 g/mol. The Hall–Kier alpha value is -4.04. The number of anilines is 2. The van der Waals surface area contributed by atoms with Gasteiger partial charge in [-0.3, -0.25) is 14.2 Å². The Morgan fingerprint density at radius 1 is 1.18 bits per heavy atom. The number of imidazole rings is 1. The van der Waals surface area contributed by atoms with Crippen LogP contribution in [0.4, 0.5) is 15.9 Å². The van der Waals surface area contributed by atoms with Crippen molar-refractivity contribution in [1.29, 1.82) is 0 Å². The summed E-state index contributed by atoms with van der Waals surface area (Å²) in [6.07, 6.45) is 4.20. The maximum absolute atomic E-state index is 14.2. The van der Waals surface area contributed by atoms with Gasteiger partial charge in [0.2, 0.25) is 0 Å². The molecule has 0 radical (unpaired) electrons. The van der Waals surface area contributed by atoms with Crippen molar-refractivity contribution < 1.29 is 28.2 Å². The fraction of sp³-hybridized carbons (Fsp3) is 0.318. The topological polar surface area (TPSA) is 117 Å². The Labute approximate surface area is 188 Å². The Morgan fingerprint density at radius 3 is 2.61 bits per heavy atom. The third-order valence-electron chi connectivity index (χ3n) is 4.97. The van der Waals surface area contributed by atoms with Crippen molar-refractivity contribution in [3.05, 3.63) is 42.2 Å². The van der Waals surface area contributed by atoms with Crippen LogP contribution in [0, 0.1) is 25.1 Å². The van der Waals surface area contributed by atoms with Crippen molar-refractivity contribution in [3.8, 4) is 12.3 Å². The molecule has 1 saturated heterocycles. The molecule has 33 heavy (non-hydrogen) atoms. The maximum atomic E-state index is 14.2. The van der Waals surface area contributed by atoms with Gasteiger partial charge in [0.15, 0.2) is 41.5 Å². The van der Waals surface area contributed by atoms with Crippen LogP contribution in [0.25, 0.3) is 11.2 Å². The molecule has 10 nitrogen and oxygen atoms in total. The SMILES string of the molecule is C#C[C@H]1O[C@@H](n2cnc3c(Nc4cc(C)ccc4F)ncnc32)[C@H](OC(C)=O)[C@@H]1OC(C)=O. The normalized spacial score (nSPS) is 22.0. The average molecular weight is 453 g/mol. The first kappa shape index (κ1) is 22.2. The molecule has 170 valence electrons. The van der Waals surface area contributed by atoms with Gasteiger partial charge in [0.1, 0.15) is 12.1 Å². The van der Waals surface area contributed by atoms with E-state index in [1.165, 1.54) is 37.1 Å². The van der Waals surface area contributed by atoms with Crippen molar-refractivity contribution in [1.82, 2.24) is 19.5 Å². The van der Waals surface area contributed by atoms with Gasteiger partial charge in [-0.1, -0.05) is 12.0 Å². The second kappa shape index (κ2) is 8.84. The van der Waals surface area contributed by atoms with E-state index >= 15 is 0 Å². The molecular weight excluding hydrogens is 433 g/mol. The van der Waals surface area contributed by atoms with E-state index in [4.69, 9.17) is 20.6 Å². The zero-order valence-corrected chi connectivity index (χ0v) is 18.0. The number of fused-ring (bicyclic) bond motifs is 1. The molecule has 2 aromatic heterocycles. The molecule has 0 bridgehead atoms. The zero-order chi connectivity index (χ0) is 23.7. The fourth-order valence-electron chi connectivity index (χ4n) is 3.63. The quantitative estimate of drug-likeness (QED) is 0.459. The smallest absolute Gasteiger partial charge is 0.303 e. The van der Waals surface area contributed by atoms with Gasteiger partial charge < -0.3 is 19.5 Å². The number of halogens is 1. The molecule has 0 spiro atoms. The van der Waals surface area contributed by atoms with Crippen molar-refractivity contribution in [2.45, 2.75) is 45.3 Å². The summed E-state index contributed by atoms with van der Waals surface area (Å²) in [5, 5.41) is 2.93. The fourth-order valence-corrected chi connectivity index (χ4v) is 3.63. The van der Waals surface area contributed by atoms with Crippen LogP contribution >= 0.6 is 0 Å². The molecule has 4 rings (SSSR count). The molecule has 1 aliphatic rings. The first-order chi connectivity index (χ1) is 15.8. The zero-order valence-electron chi connectivity index (χ0n) is 18.0. The van der Waals surface area contributed by atoms with Gasteiger partial charge in [-0.05, 0) is 24.6 Å². The van der Waals surface area contributed by atoms with Gasteiger partial charge in [0, 0.05) is 13.8 Å². The minimum atomic E-state index is -1.05. The summed E-state index contributed by atoms with van der Waals surface area (Å²) in [7, 11) is 0. The molecule has 0 unspecified atom stereocenters. The van der Waals surface area contributed by atoms with E-state index < -0.39 is 42.3 Å². The van der Waals surface area contributed by atoms with E-state index in [0.29, 0.717) is 11.2 Å². The molecule has 1 N–H and O–H groups in total. The predicted octanol–water partition coefficient (Wildman–Crippen LogP) is 2.41. The summed E-state index contributed by atoms with van der Waals surface area (Å²) in [6.45, 7) is 4.27. The van der Waals surface area contributed by atoms with E-state index in [2.05, 4.69) is 26.2 Å². The van der Waals surface area contributed by atoms with Crippen molar-refractivity contribution in [3.63, 3.8) is 0 Å². The van der Waals surface area contributed by atoms with E-state index in [1.54, 1.807) is 12.1 Å². The number of rotatable bonds is 5. The Kier molecular flexibility index (Phi) is 5.93. The molecule has 1 aliphatic heterocycles. The van der Waals surface area contributed by atoms with Crippen LogP contribution < -0.4 is 5.32 Å². The molecule has 4 atom stereocenters. The number of hydrogen-bond donors (Lipinski definition) is 1. The van der Waals surface area contributed by atoms with Crippen molar-refractivity contribution >= 4 is 34.6 Å². The minimum absolute atomic E-state index is 0.224. The average Bonchev–Trinajstić information content (AvgIpc) is 3.32. The number of esters is 2. The maximum Gasteiger partial charge on any atom is 0.303 e. The highest BCUT2D eigenvalue weighted by atomic mass is 19.1. The molecule has 0 saturated carbocycles. The minimum Gasteiger partial charge on any atom is -0.455 e. The molecule has 1 fully saturated rings. The van der Waals surface area contributed by atoms with Crippen LogP contribution in [0.15, 0.2) is 30.9 Å². The summed E-state index contributed by atoms with van der Waals surface area (Å²) in [5.74, 6) is 0.993. The van der Waals surface area contributed by atoms with Crippen molar-refractivity contribution in [2.75, 3.05) is 5.32 Å². The van der Waals surface area contributed by atoms with E-state index in [0.717, 1.165) is 5.56 Å². The lowest BCUT2D eigenvalue weighted by atomic mass is 10.1. The largest absolute Gasteiger partial charge is 0.455 e. The standard InChI is InChI=1S/C22H20FN5O5/c1-5-16-18(31-12(3)29)19(32-13(4)30)22(33-16)28-10-26-17-20(24-9-25-21(17)28)27-15-8-11(2)6-7-14(15)23/h1,6-10,16,18-19,22H,2-4H3,(H,24,25,27)/t16-,18-,19-,22-/m1/s1. The number of hydrogen-bond acceptors (Lipinski definition) is 9. The predicted molar refractivity (Wildman–Crippen MR) is 114 cm³/mol. The molecule has 3 heterocycles. The molecule has 3 aromatic rings. The van der Waals surface area contributed by atoms with Crippen LogP contribution in [0.1, 0.15) is 25.6 Å². The number of carbonyl (C=O) groups is 2. The van der Waals surface area contributed by atoms with Gasteiger partial charge in [-0.25, -0.2) is 19.3 Å². The summed E-state index contributed by atoms with van der Waals surface area (Å²) in [5.41, 5.74) is 1.70. The van der Waals surface area contributed by atoms with Gasteiger partial charge in [0.25, 0.3) is 0 Å². The summed E-state index contributed by atoms with van der Waals surface area (Å²) < 4.78 is 32.3. The first-order valence-electron chi connectivity index (χ1n) is 9.95. The van der Waals surface area contributed by atoms with Gasteiger partial charge in [-0.15, -0.1) is 6.42 Å². The molecular formula is C22H20FN5O5. The number of carbonyl (C=O) groups excluding carboxylic acids is 2. The third-order valence-corrected chi connectivity index (χ3v) is 4.97. The van der Waals surface area contributed by atoms with Gasteiger partial charge in [-0.2, -0.15) is 0 Å². The number of nitrogens with one attached hydrogen (secondary N) is 1. The third kappa shape index (κ3) is 4.33. The summed E-state index contributed by atoms with van der Waals surface area (Å²) >= 11 is 0. The highest BCUT2D eigenvalue weighted by Crippen LogP contribution is 2.36. The second-order valence-electron chi connectivity index (χ2n) is 7.42. The van der Waals surface area contributed by atoms with E-state index in [9.17, 15) is 14.0 Å². The van der Waals surface area contributed by atoms with E-state index in [-0.39, 0.29) is 11.5 Å². The van der Waals surface area contributed by atoms with Gasteiger partial charge >= 0.3 is 11.9 Å².